The molecule has 0 amide bonds. The number of hydrogen-bond acceptors (Lipinski definition) is 3. The number of halogens is 1. The topological polar surface area (TPSA) is 38.9 Å². The van der Waals surface area contributed by atoms with Gasteiger partial charge in [0.2, 0.25) is 0 Å². The Labute approximate surface area is 112 Å². The van der Waals surface area contributed by atoms with Crippen LogP contribution in [0.2, 0.25) is 0 Å². The number of aromatic nitrogens is 2. The van der Waals surface area contributed by atoms with Crippen molar-refractivity contribution in [3.8, 4) is 11.5 Å². The second-order valence-corrected chi connectivity index (χ2v) is 5.01. The predicted molar refractivity (Wildman–Crippen MR) is 72.7 cm³/mol. The molecule has 2 rings (SSSR count). The van der Waals surface area contributed by atoms with Crippen molar-refractivity contribution in [1.82, 2.24) is 10.1 Å². The van der Waals surface area contributed by atoms with Crippen molar-refractivity contribution < 1.29 is 4.52 Å². The highest BCUT2D eigenvalue weighted by Gasteiger charge is 2.17. The van der Waals surface area contributed by atoms with E-state index in [1.165, 1.54) is 0 Å². The second kappa shape index (κ2) is 5.53. The molecule has 0 bridgehead atoms. The van der Waals surface area contributed by atoms with Gasteiger partial charge in [0.05, 0.1) is 5.38 Å². The van der Waals surface area contributed by atoms with E-state index in [2.05, 4.69) is 17.1 Å². The van der Waals surface area contributed by atoms with Crippen molar-refractivity contribution in [3.63, 3.8) is 0 Å². The van der Waals surface area contributed by atoms with Gasteiger partial charge in [0.15, 0.2) is 5.82 Å². The fraction of sp³-hybridized carbons (Fsp3) is 0.429. The quantitative estimate of drug-likeness (QED) is 0.767. The molecule has 0 fully saturated rings. The van der Waals surface area contributed by atoms with Gasteiger partial charge in [0, 0.05) is 5.56 Å². The van der Waals surface area contributed by atoms with E-state index in [0.717, 1.165) is 29.5 Å². The molecule has 0 radical (unpaired) electrons. The maximum Gasteiger partial charge on any atom is 0.258 e. The van der Waals surface area contributed by atoms with Gasteiger partial charge in [-0.05, 0) is 31.4 Å². The lowest BCUT2D eigenvalue weighted by atomic mass is 10.0. The van der Waals surface area contributed by atoms with E-state index in [9.17, 15) is 0 Å². The van der Waals surface area contributed by atoms with E-state index in [-0.39, 0.29) is 5.38 Å². The van der Waals surface area contributed by atoms with E-state index in [4.69, 9.17) is 16.1 Å². The summed E-state index contributed by atoms with van der Waals surface area (Å²) in [6.07, 6.45) is 1.86. The summed E-state index contributed by atoms with van der Waals surface area (Å²) in [7, 11) is 0. The molecule has 0 N–H and O–H groups in total. The van der Waals surface area contributed by atoms with Crippen LogP contribution >= 0.6 is 11.6 Å². The zero-order chi connectivity index (χ0) is 13.1. The Morgan fingerprint density at radius 2 is 1.94 bits per heavy atom. The number of aryl methyl sites for hydroxylation is 2. The molecule has 0 aliphatic rings. The summed E-state index contributed by atoms with van der Waals surface area (Å²) >= 11 is 6.20. The van der Waals surface area contributed by atoms with Crippen molar-refractivity contribution >= 4 is 11.6 Å². The van der Waals surface area contributed by atoms with Gasteiger partial charge in [0.1, 0.15) is 0 Å². The third-order valence-electron chi connectivity index (χ3n) is 2.96. The minimum Gasteiger partial charge on any atom is -0.334 e. The van der Waals surface area contributed by atoms with E-state index in [0.29, 0.717) is 11.7 Å². The Balaban J connectivity index is 2.35. The van der Waals surface area contributed by atoms with Crippen molar-refractivity contribution in [1.29, 1.82) is 0 Å². The summed E-state index contributed by atoms with van der Waals surface area (Å²) in [5, 5.41) is 3.81. The lowest BCUT2D eigenvalue weighted by Gasteiger charge is -2.04. The highest BCUT2D eigenvalue weighted by molar-refractivity contribution is 6.20. The van der Waals surface area contributed by atoms with Crippen LogP contribution in [0.1, 0.15) is 42.1 Å². The van der Waals surface area contributed by atoms with Gasteiger partial charge in [-0.2, -0.15) is 4.98 Å². The summed E-state index contributed by atoms with van der Waals surface area (Å²) in [6.45, 7) is 6.16. The lowest BCUT2D eigenvalue weighted by Crippen LogP contribution is -1.93. The fourth-order valence-corrected chi connectivity index (χ4v) is 2.30. The Hall–Kier alpha value is -1.35. The van der Waals surface area contributed by atoms with Crippen LogP contribution in [0.5, 0.6) is 0 Å². The zero-order valence-electron chi connectivity index (χ0n) is 10.9. The number of alkyl halides is 1. The molecular formula is C14H17ClN2O. The third-order valence-corrected chi connectivity index (χ3v) is 3.37. The van der Waals surface area contributed by atoms with Crippen molar-refractivity contribution in [2.24, 2.45) is 0 Å². The second-order valence-electron chi connectivity index (χ2n) is 4.48. The highest BCUT2D eigenvalue weighted by Crippen LogP contribution is 2.29. The molecule has 1 aromatic carbocycles. The summed E-state index contributed by atoms with van der Waals surface area (Å²) in [6, 6.07) is 6.10. The molecule has 1 aromatic heterocycles. The Kier molecular flexibility index (Phi) is 4.02. The monoisotopic (exact) mass is 264 g/mol. The molecule has 18 heavy (non-hydrogen) atoms. The molecule has 0 aliphatic carbocycles. The average molecular weight is 265 g/mol. The molecular weight excluding hydrogens is 248 g/mol. The van der Waals surface area contributed by atoms with E-state index in [1.807, 2.05) is 32.0 Å². The first-order valence-corrected chi connectivity index (χ1v) is 6.61. The molecule has 1 atom stereocenters. The minimum atomic E-state index is -0.170. The molecule has 0 saturated carbocycles. The molecule has 0 aliphatic heterocycles. The summed E-state index contributed by atoms with van der Waals surface area (Å²) in [4.78, 5) is 4.41. The number of benzene rings is 1. The van der Waals surface area contributed by atoms with Crippen molar-refractivity contribution in [2.45, 2.75) is 39.0 Å². The smallest absolute Gasteiger partial charge is 0.258 e. The normalized spacial score (nSPS) is 12.7. The molecule has 0 spiro atoms. The largest absolute Gasteiger partial charge is 0.334 e. The van der Waals surface area contributed by atoms with Gasteiger partial charge in [-0.3, -0.25) is 0 Å². The average Bonchev–Trinajstić information content (AvgIpc) is 2.78. The van der Waals surface area contributed by atoms with Gasteiger partial charge in [-0.1, -0.05) is 36.7 Å². The first kappa shape index (κ1) is 13.1. The molecule has 4 heteroatoms. The molecule has 2 aromatic rings. The van der Waals surface area contributed by atoms with Gasteiger partial charge >= 0.3 is 0 Å². The van der Waals surface area contributed by atoms with Crippen LogP contribution < -0.4 is 0 Å². The maximum absolute atomic E-state index is 6.20. The standard InChI is InChI=1S/C14H17ClN2O/c1-4-6-11(15)13-16-14(18-17-13)12-9(2)7-5-8-10(12)3/h5,7-8,11H,4,6H2,1-3H3. The molecule has 0 saturated heterocycles. The van der Waals surface area contributed by atoms with Crippen LogP contribution in [-0.4, -0.2) is 10.1 Å². The SMILES string of the molecule is CCCC(Cl)c1noc(-c2c(C)cccc2C)n1. The summed E-state index contributed by atoms with van der Waals surface area (Å²) < 4.78 is 5.33. The van der Waals surface area contributed by atoms with Crippen molar-refractivity contribution in [2.75, 3.05) is 0 Å². The van der Waals surface area contributed by atoms with Crippen LogP contribution in [-0.2, 0) is 0 Å². The van der Waals surface area contributed by atoms with Gasteiger partial charge in [0.25, 0.3) is 5.89 Å². The third kappa shape index (κ3) is 2.56. The maximum atomic E-state index is 6.20. The van der Waals surface area contributed by atoms with E-state index < -0.39 is 0 Å². The van der Waals surface area contributed by atoms with Crippen LogP contribution in [0.25, 0.3) is 11.5 Å². The lowest BCUT2D eigenvalue weighted by molar-refractivity contribution is 0.420. The molecule has 3 nitrogen and oxygen atoms in total. The highest BCUT2D eigenvalue weighted by atomic mass is 35.5. The zero-order valence-corrected chi connectivity index (χ0v) is 11.7. The predicted octanol–water partition coefficient (Wildman–Crippen LogP) is 4.43. The fourth-order valence-electron chi connectivity index (χ4n) is 2.00. The first-order chi connectivity index (χ1) is 8.63. The van der Waals surface area contributed by atoms with Gasteiger partial charge in [-0.25, -0.2) is 0 Å². The van der Waals surface area contributed by atoms with E-state index in [1.54, 1.807) is 0 Å². The number of nitrogens with zero attached hydrogens (tertiary/aromatic N) is 2. The van der Waals surface area contributed by atoms with Crippen LogP contribution in [0.4, 0.5) is 0 Å². The molecule has 96 valence electrons. The van der Waals surface area contributed by atoms with Crippen LogP contribution in [0, 0.1) is 13.8 Å². The Morgan fingerprint density at radius 1 is 1.28 bits per heavy atom. The van der Waals surface area contributed by atoms with Crippen molar-refractivity contribution in [3.05, 3.63) is 35.2 Å². The molecule has 1 heterocycles. The van der Waals surface area contributed by atoms with Crippen LogP contribution in [0.3, 0.4) is 0 Å². The summed E-state index contributed by atoms with van der Waals surface area (Å²) in [5.74, 6) is 1.14. The summed E-state index contributed by atoms with van der Waals surface area (Å²) in [5.41, 5.74) is 3.27. The Bertz CT molecular complexity index is 516. The number of rotatable bonds is 4. The van der Waals surface area contributed by atoms with Crippen LogP contribution in [0.15, 0.2) is 22.7 Å². The van der Waals surface area contributed by atoms with Gasteiger partial charge < -0.3 is 4.52 Å². The van der Waals surface area contributed by atoms with Gasteiger partial charge in [-0.15, -0.1) is 11.6 Å². The Morgan fingerprint density at radius 3 is 2.56 bits per heavy atom. The minimum absolute atomic E-state index is 0.170. The number of hydrogen-bond donors (Lipinski definition) is 0. The van der Waals surface area contributed by atoms with E-state index >= 15 is 0 Å². The molecule has 1 unspecified atom stereocenters. The first-order valence-electron chi connectivity index (χ1n) is 6.17.